The van der Waals surface area contributed by atoms with Crippen LogP contribution in [-0.4, -0.2) is 49.4 Å². The first-order valence-electron chi connectivity index (χ1n) is 10.1. The van der Waals surface area contributed by atoms with Gasteiger partial charge in [0.1, 0.15) is 24.1 Å². The van der Waals surface area contributed by atoms with E-state index in [1.807, 2.05) is 31.2 Å². The van der Waals surface area contributed by atoms with Crippen molar-refractivity contribution < 1.29 is 14.2 Å². The number of anilines is 2. The standard InChI is InChI=1S/C23H22ClN5O3/c1-14-21-23(29-28-14)26-19-12-20(32-10-9-31-8-7-30-2)15(13-25)11-17(19)22(27-21)16-5-3-4-6-18(16)24/h3-6,11-12H,7-10H2,1-2H3,(H2,26,28,29). The summed E-state index contributed by atoms with van der Waals surface area (Å²) in [4.78, 5) is 4.87. The Morgan fingerprint density at radius 2 is 1.91 bits per heavy atom. The average Bonchev–Trinajstić information content (AvgIpc) is 3.05. The fourth-order valence-corrected chi connectivity index (χ4v) is 3.57. The van der Waals surface area contributed by atoms with Crippen LogP contribution in [0.4, 0.5) is 17.2 Å². The molecule has 32 heavy (non-hydrogen) atoms. The quantitative estimate of drug-likeness (QED) is 0.382. The van der Waals surface area contributed by atoms with E-state index in [1.165, 1.54) is 0 Å². The van der Waals surface area contributed by atoms with Crippen LogP contribution in [0.2, 0.25) is 5.02 Å². The van der Waals surface area contributed by atoms with E-state index in [0.717, 1.165) is 16.8 Å². The van der Waals surface area contributed by atoms with Crippen molar-refractivity contribution in [2.45, 2.75) is 6.92 Å². The molecule has 0 saturated carbocycles. The summed E-state index contributed by atoms with van der Waals surface area (Å²) in [6, 6.07) is 13.2. The number of fused-ring (bicyclic) bond motifs is 2. The number of halogens is 1. The molecule has 0 fully saturated rings. The van der Waals surface area contributed by atoms with E-state index in [1.54, 1.807) is 19.2 Å². The van der Waals surface area contributed by atoms with Gasteiger partial charge in [0.15, 0.2) is 5.82 Å². The molecule has 8 nitrogen and oxygen atoms in total. The predicted octanol–water partition coefficient (Wildman–Crippen LogP) is 4.51. The highest BCUT2D eigenvalue weighted by Gasteiger charge is 2.24. The number of hydrogen-bond donors (Lipinski definition) is 2. The van der Waals surface area contributed by atoms with Crippen molar-refractivity contribution in [3.63, 3.8) is 0 Å². The van der Waals surface area contributed by atoms with E-state index in [2.05, 4.69) is 21.6 Å². The van der Waals surface area contributed by atoms with E-state index in [4.69, 9.17) is 30.8 Å². The lowest BCUT2D eigenvalue weighted by atomic mass is 9.98. The lowest BCUT2D eigenvalue weighted by Gasteiger charge is -2.15. The van der Waals surface area contributed by atoms with Crippen LogP contribution in [0.25, 0.3) is 0 Å². The highest BCUT2D eigenvalue weighted by atomic mass is 35.5. The predicted molar refractivity (Wildman–Crippen MR) is 123 cm³/mol. The minimum atomic E-state index is 0.301. The Kier molecular flexibility index (Phi) is 6.71. The van der Waals surface area contributed by atoms with Gasteiger partial charge in [0, 0.05) is 29.3 Å². The maximum absolute atomic E-state index is 9.77. The van der Waals surface area contributed by atoms with Gasteiger partial charge in [0.2, 0.25) is 0 Å². The minimum absolute atomic E-state index is 0.301. The third-order valence-electron chi connectivity index (χ3n) is 4.93. The molecule has 164 valence electrons. The average molecular weight is 452 g/mol. The number of aliphatic imine (C=N–C) groups is 1. The monoisotopic (exact) mass is 451 g/mol. The van der Waals surface area contributed by atoms with Crippen LogP contribution in [0.5, 0.6) is 5.75 Å². The maximum atomic E-state index is 9.77. The molecule has 1 aliphatic heterocycles. The summed E-state index contributed by atoms with van der Waals surface area (Å²) in [6.45, 7) is 3.58. The Hall–Kier alpha value is -3.38. The van der Waals surface area contributed by atoms with Crippen molar-refractivity contribution in [1.29, 1.82) is 5.26 Å². The number of aromatic amines is 1. The Morgan fingerprint density at radius 3 is 2.69 bits per heavy atom. The van der Waals surface area contributed by atoms with Gasteiger partial charge in [-0.15, -0.1) is 0 Å². The summed E-state index contributed by atoms with van der Waals surface area (Å²) in [7, 11) is 1.62. The van der Waals surface area contributed by atoms with Gasteiger partial charge >= 0.3 is 0 Å². The fraction of sp³-hybridized carbons (Fsp3) is 0.261. The number of aryl methyl sites for hydroxylation is 1. The molecule has 2 aromatic carbocycles. The number of benzene rings is 2. The Bertz CT molecular complexity index is 1200. The number of nitrogens with zero attached hydrogens (tertiary/aromatic N) is 3. The highest BCUT2D eigenvalue weighted by Crippen LogP contribution is 2.39. The number of hydrogen-bond acceptors (Lipinski definition) is 7. The normalized spacial score (nSPS) is 12.1. The zero-order valence-electron chi connectivity index (χ0n) is 17.7. The SMILES string of the molecule is COCCOCCOc1cc2c(cc1C#N)C(c1ccccc1Cl)=Nc1c(n[nH]c1C)N2. The fourth-order valence-electron chi connectivity index (χ4n) is 3.35. The van der Waals surface area contributed by atoms with Gasteiger partial charge in [0.05, 0.1) is 42.5 Å². The second-order valence-electron chi connectivity index (χ2n) is 7.07. The molecule has 0 saturated heterocycles. The van der Waals surface area contributed by atoms with Crippen LogP contribution in [0.1, 0.15) is 22.4 Å². The first-order valence-corrected chi connectivity index (χ1v) is 10.4. The van der Waals surface area contributed by atoms with Crippen LogP contribution in [-0.2, 0) is 9.47 Å². The van der Waals surface area contributed by atoms with E-state index in [-0.39, 0.29) is 0 Å². The van der Waals surface area contributed by atoms with E-state index in [0.29, 0.717) is 65.7 Å². The van der Waals surface area contributed by atoms with Gasteiger partial charge in [-0.25, -0.2) is 4.99 Å². The van der Waals surface area contributed by atoms with Crippen molar-refractivity contribution in [2.24, 2.45) is 4.99 Å². The van der Waals surface area contributed by atoms with Gasteiger partial charge in [-0.2, -0.15) is 10.4 Å². The summed E-state index contributed by atoms with van der Waals surface area (Å²) in [5, 5.41) is 20.9. The van der Waals surface area contributed by atoms with Crippen LogP contribution < -0.4 is 10.1 Å². The summed E-state index contributed by atoms with van der Waals surface area (Å²) in [6.07, 6.45) is 0. The topological polar surface area (TPSA) is 105 Å². The number of H-pyrrole nitrogens is 1. The third kappa shape index (κ3) is 4.46. The Labute approximate surface area is 190 Å². The Morgan fingerprint density at radius 1 is 1.09 bits per heavy atom. The molecule has 4 rings (SSSR count). The van der Waals surface area contributed by atoms with Crippen LogP contribution in [0.15, 0.2) is 41.4 Å². The lowest BCUT2D eigenvalue weighted by molar-refractivity contribution is 0.0544. The molecule has 0 atom stereocenters. The number of aromatic nitrogens is 2. The molecular weight excluding hydrogens is 430 g/mol. The van der Waals surface area contributed by atoms with Gasteiger partial charge in [-0.3, -0.25) is 5.10 Å². The number of rotatable bonds is 8. The van der Waals surface area contributed by atoms with Crippen LogP contribution >= 0.6 is 11.6 Å². The zero-order chi connectivity index (χ0) is 22.5. The van der Waals surface area contributed by atoms with Crippen molar-refractivity contribution in [1.82, 2.24) is 10.2 Å². The second-order valence-corrected chi connectivity index (χ2v) is 7.48. The molecule has 0 amide bonds. The number of methoxy groups -OCH3 is 1. The minimum Gasteiger partial charge on any atom is -0.490 e. The molecule has 0 aliphatic carbocycles. The molecule has 3 aromatic rings. The van der Waals surface area contributed by atoms with Gasteiger partial charge in [0.25, 0.3) is 0 Å². The van der Waals surface area contributed by atoms with Gasteiger partial charge in [-0.05, 0) is 19.1 Å². The highest BCUT2D eigenvalue weighted by molar-refractivity contribution is 6.36. The largest absolute Gasteiger partial charge is 0.490 e. The summed E-state index contributed by atoms with van der Waals surface area (Å²) in [5.74, 6) is 1.03. The van der Waals surface area contributed by atoms with Crippen molar-refractivity contribution in [3.8, 4) is 11.8 Å². The number of nitrogens with one attached hydrogen (secondary N) is 2. The molecule has 1 aromatic heterocycles. The van der Waals surface area contributed by atoms with Gasteiger partial charge < -0.3 is 19.5 Å². The smallest absolute Gasteiger partial charge is 0.178 e. The maximum Gasteiger partial charge on any atom is 0.178 e. The number of ether oxygens (including phenoxy) is 3. The molecule has 9 heteroatoms. The Balaban J connectivity index is 1.74. The molecule has 0 spiro atoms. The van der Waals surface area contributed by atoms with E-state index >= 15 is 0 Å². The van der Waals surface area contributed by atoms with Crippen LogP contribution in [0, 0.1) is 18.3 Å². The van der Waals surface area contributed by atoms with Crippen molar-refractivity contribution >= 4 is 34.5 Å². The number of nitriles is 1. The second kappa shape index (κ2) is 9.83. The first-order chi connectivity index (χ1) is 15.6. The molecule has 1 aliphatic rings. The first kappa shape index (κ1) is 21.8. The summed E-state index contributed by atoms with van der Waals surface area (Å²) >= 11 is 6.51. The van der Waals surface area contributed by atoms with E-state index in [9.17, 15) is 5.26 Å². The van der Waals surface area contributed by atoms with Crippen molar-refractivity contribution in [3.05, 3.63) is 63.8 Å². The molecule has 2 heterocycles. The van der Waals surface area contributed by atoms with Crippen molar-refractivity contribution in [2.75, 3.05) is 38.9 Å². The zero-order valence-corrected chi connectivity index (χ0v) is 18.5. The molecule has 0 radical (unpaired) electrons. The molecule has 0 unspecified atom stereocenters. The summed E-state index contributed by atoms with van der Waals surface area (Å²) in [5.41, 5.74) is 4.74. The third-order valence-corrected chi connectivity index (χ3v) is 5.26. The summed E-state index contributed by atoms with van der Waals surface area (Å²) < 4.78 is 16.2. The van der Waals surface area contributed by atoms with Crippen LogP contribution in [0.3, 0.4) is 0 Å². The van der Waals surface area contributed by atoms with E-state index < -0.39 is 0 Å². The molecule has 0 bridgehead atoms. The van der Waals surface area contributed by atoms with Gasteiger partial charge in [-0.1, -0.05) is 29.8 Å². The molecule has 2 N–H and O–H groups in total. The molecular formula is C23H22ClN5O3. The lowest BCUT2D eigenvalue weighted by Crippen LogP contribution is -2.12.